The first-order valence-corrected chi connectivity index (χ1v) is 9.65. The van der Waals surface area contributed by atoms with Gasteiger partial charge in [0.1, 0.15) is 4.83 Å². The molecule has 0 spiro atoms. The number of hydrogen-bond acceptors (Lipinski definition) is 3. The smallest absolute Gasteiger partial charge is 0.261 e. The summed E-state index contributed by atoms with van der Waals surface area (Å²) >= 11 is 7.96. The van der Waals surface area contributed by atoms with Gasteiger partial charge in [0.25, 0.3) is 5.91 Å². The molecule has 2 saturated carbocycles. The number of aromatic nitrogens is 1. The normalized spacial score (nSPS) is 18.7. The number of nitrogens with zero attached hydrogens (tertiary/aromatic N) is 1. The molecular formula is C18H21ClN2OS. The van der Waals surface area contributed by atoms with Gasteiger partial charge >= 0.3 is 0 Å². The molecule has 1 amide bonds. The zero-order chi connectivity index (χ0) is 16.1. The predicted molar refractivity (Wildman–Crippen MR) is 95.8 cm³/mol. The second-order valence-electron chi connectivity index (χ2n) is 6.89. The van der Waals surface area contributed by atoms with E-state index in [9.17, 15) is 4.79 Å². The van der Waals surface area contributed by atoms with Crippen LogP contribution in [-0.2, 0) is 0 Å². The summed E-state index contributed by atoms with van der Waals surface area (Å²) in [6.07, 6.45) is 7.00. The van der Waals surface area contributed by atoms with Gasteiger partial charge < -0.3 is 5.32 Å². The Balaban J connectivity index is 1.81. The largest absolute Gasteiger partial charge is 0.349 e. The fraction of sp³-hybridized carbons (Fsp3) is 0.556. The number of pyridine rings is 1. The van der Waals surface area contributed by atoms with Crippen molar-refractivity contribution in [3.8, 4) is 0 Å². The van der Waals surface area contributed by atoms with Gasteiger partial charge in [0.2, 0.25) is 0 Å². The summed E-state index contributed by atoms with van der Waals surface area (Å²) in [6, 6.07) is 0.346. The van der Waals surface area contributed by atoms with E-state index >= 15 is 0 Å². The molecule has 2 fully saturated rings. The molecular weight excluding hydrogens is 328 g/mol. The third-order valence-electron chi connectivity index (χ3n) is 5.10. The van der Waals surface area contributed by atoms with E-state index in [0.717, 1.165) is 44.2 Å². The molecule has 0 aliphatic heterocycles. The van der Waals surface area contributed by atoms with Gasteiger partial charge in [-0.15, -0.1) is 11.3 Å². The van der Waals surface area contributed by atoms with Crippen molar-refractivity contribution in [2.75, 3.05) is 0 Å². The molecule has 2 heterocycles. The summed E-state index contributed by atoms with van der Waals surface area (Å²) in [7, 11) is 0. The Morgan fingerprint density at radius 2 is 1.91 bits per heavy atom. The summed E-state index contributed by atoms with van der Waals surface area (Å²) in [6.45, 7) is 3.99. The number of fused-ring (bicyclic) bond motifs is 1. The molecule has 4 rings (SSSR count). The van der Waals surface area contributed by atoms with Gasteiger partial charge in [-0.1, -0.05) is 24.4 Å². The maximum absolute atomic E-state index is 12.8. The fourth-order valence-corrected chi connectivity index (χ4v) is 5.11. The van der Waals surface area contributed by atoms with E-state index in [2.05, 4.69) is 17.2 Å². The number of hydrogen-bond donors (Lipinski definition) is 1. The van der Waals surface area contributed by atoms with Gasteiger partial charge in [-0.3, -0.25) is 4.79 Å². The molecule has 2 aliphatic rings. The second kappa shape index (κ2) is 5.75. The van der Waals surface area contributed by atoms with Crippen molar-refractivity contribution in [2.24, 2.45) is 0 Å². The van der Waals surface area contributed by atoms with E-state index in [-0.39, 0.29) is 5.91 Å². The number of amides is 1. The predicted octanol–water partition coefficient (Wildman–Crippen LogP) is 5.12. The molecule has 0 saturated heterocycles. The summed E-state index contributed by atoms with van der Waals surface area (Å²) in [4.78, 5) is 19.3. The molecule has 2 aliphatic carbocycles. The van der Waals surface area contributed by atoms with Crippen molar-refractivity contribution in [3.05, 3.63) is 26.7 Å². The molecule has 0 radical (unpaired) electrons. The van der Waals surface area contributed by atoms with Crippen LogP contribution in [0.2, 0.25) is 5.02 Å². The van der Waals surface area contributed by atoms with E-state index in [1.807, 2.05) is 6.92 Å². The van der Waals surface area contributed by atoms with Crippen LogP contribution in [0.1, 0.15) is 70.9 Å². The fourth-order valence-electron chi connectivity index (χ4n) is 3.71. The van der Waals surface area contributed by atoms with Crippen LogP contribution >= 0.6 is 22.9 Å². The molecule has 122 valence electrons. The molecule has 0 unspecified atom stereocenters. The lowest BCUT2D eigenvalue weighted by atomic mass is 10.0. The van der Waals surface area contributed by atoms with Crippen LogP contribution in [0.3, 0.4) is 0 Å². The van der Waals surface area contributed by atoms with Crippen molar-refractivity contribution in [1.82, 2.24) is 10.3 Å². The lowest BCUT2D eigenvalue weighted by Crippen LogP contribution is -2.32. The van der Waals surface area contributed by atoms with Crippen LogP contribution in [0.25, 0.3) is 10.2 Å². The van der Waals surface area contributed by atoms with Crippen molar-refractivity contribution >= 4 is 39.1 Å². The molecule has 3 nitrogen and oxygen atoms in total. The number of nitrogens with one attached hydrogen (secondary N) is 1. The van der Waals surface area contributed by atoms with E-state index in [0.29, 0.717) is 12.0 Å². The highest BCUT2D eigenvalue weighted by molar-refractivity contribution is 7.20. The summed E-state index contributed by atoms with van der Waals surface area (Å²) in [5.74, 6) is 0.599. The van der Waals surface area contributed by atoms with Gasteiger partial charge in [0.15, 0.2) is 0 Å². The zero-order valence-electron chi connectivity index (χ0n) is 13.5. The van der Waals surface area contributed by atoms with Gasteiger partial charge in [-0.2, -0.15) is 0 Å². The van der Waals surface area contributed by atoms with E-state index < -0.39 is 0 Å². The van der Waals surface area contributed by atoms with Crippen LogP contribution in [0.4, 0.5) is 0 Å². The van der Waals surface area contributed by atoms with Crippen LogP contribution < -0.4 is 5.32 Å². The van der Waals surface area contributed by atoms with Crippen molar-refractivity contribution in [1.29, 1.82) is 0 Å². The Morgan fingerprint density at radius 1 is 1.22 bits per heavy atom. The quantitative estimate of drug-likeness (QED) is 0.836. The molecule has 2 aromatic rings. The second-order valence-corrected chi connectivity index (χ2v) is 8.27. The topological polar surface area (TPSA) is 42.0 Å². The highest BCUT2D eigenvalue weighted by Crippen LogP contribution is 2.49. The number of carbonyl (C=O) groups excluding carboxylic acids is 1. The lowest BCUT2D eigenvalue weighted by molar-refractivity contribution is 0.0941. The number of aryl methyl sites for hydroxylation is 2. The monoisotopic (exact) mass is 348 g/mol. The Kier molecular flexibility index (Phi) is 3.85. The van der Waals surface area contributed by atoms with Gasteiger partial charge in [-0.25, -0.2) is 4.98 Å². The number of carbonyl (C=O) groups is 1. The van der Waals surface area contributed by atoms with Crippen molar-refractivity contribution in [3.63, 3.8) is 0 Å². The summed E-state index contributed by atoms with van der Waals surface area (Å²) in [5.41, 5.74) is 3.13. The average Bonchev–Trinajstić information content (AvgIpc) is 3.09. The van der Waals surface area contributed by atoms with Gasteiger partial charge in [0.05, 0.1) is 15.6 Å². The Labute approximate surface area is 145 Å². The molecule has 0 bridgehead atoms. The van der Waals surface area contributed by atoms with Crippen LogP contribution in [0, 0.1) is 13.8 Å². The molecule has 2 aromatic heterocycles. The van der Waals surface area contributed by atoms with Gasteiger partial charge in [0, 0.05) is 11.4 Å². The maximum Gasteiger partial charge on any atom is 0.261 e. The highest BCUT2D eigenvalue weighted by Gasteiger charge is 2.34. The lowest BCUT2D eigenvalue weighted by Gasteiger charge is -2.12. The maximum atomic E-state index is 12.8. The number of halogens is 1. The van der Waals surface area contributed by atoms with Crippen LogP contribution in [0.15, 0.2) is 0 Å². The van der Waals surface area contributed by atoms with Crippen LogP contribution in [-0.4, -0.2) is 16.9 Å². The molecule has 5 heteroatoms. The number of rotatable bonds is 3. The summed E-state index contributed by atoms with van der Waals surface area (Å²) in [5, 5.41) is 5.10. The van der Waals surface area contributed by atoms with E-state index in [1.165, 1.54) is 42.6 Å². The first-order chi connectivity index (χ1) is 11.1. The van der Waals surface area contributed by atoms with Gasteiger partial charge in [-0.05, 0) is 56.6 Å². The average molecular weight is 349 g/mol. The highest BCUT2D eigenvalue weighted by atomic mass is 35.5. The number of thiophene rings is 1. The van der Waals surface area contributed by atoms with Crippen molar-refractivity contribution in [2.45, 2.75) is 64.3 Å². The minimum atomic E-state index is 0.0926. The molecule has 23 heavy (non-hydrogen) atoms. The molecule has 1 N–H and O–H groups in total. The molecule has 0 atom stereocenters. The molecule has 0 aromatic carbocycles. The van der Waals surface area contributed by atoms with E-state index in [4.69, 9.17) is 11.6 Å². The standard InChI is InChI=1S/C18H21ClN2OS/c1-9-13-14(11-7-8-11)16(17(22)21-12-5-3-4-6-12)23-18(13)20-10(2)15(9)19/h11-12H,3-8H2,1-2H3,(H,21,22). The Bertz CT molecular complexity index is 788. The third-order valence-corrected chi connectivity index (χ3v) is 6.76. The minimum absolute atomic E-state index is 0.0926. The first kappa shape index (κ1) is 15.4. The third kappa shape index (κ3) is 2.66. The van der Waals surface area contributed by atoms with Crippen molar-refractivity contribution < 1.29 is 4.79 Å². The van der Waals surface area contributed by atoms with Crippen LogP contribution in [0.5, 0.6) is 0 Å². The minimum Gasteiger partial charge on any atom is -0.349 e. The first-order valence-electron chi connectivity index (χ1n) is 8.46. The Hall–Kier alpha value is -1.13. The van der Waals surface area contributed by atoms with E-state index in [1.54, 1.807) is 0 Å². The SMILES string of the molecule is Cc1nc2sc(C(=O)NC3CCCC3)c(C3CC3)c2c(C)c1Cl. The summed E-state index contributed by atoms with van der Waals surface area (Å²) < 4.78 is 0. The zero-order valence-corrected chi connectivity index (χ0v) is 15.1. The Morgan fingerprint density at radius 3 is 2.57 bits per heavy atom.